The van der Waals surface area contributed by atoms with Crippen LogP contribution in [0.2, 0.25) is 0 Å². The van der Waals surface area contributed by atoms with Gasteiger partial charge in [0.25, 0.3) is 0 Å². The predicted octanol–water partition coefficient (Wildman–Crippen LogP) is 3.23. The third-order valence-electron chi connectivity index (χ3n) is 4.33. The van der Waals surface area contributed by atoms with Crippen LogP contribution in [0, 0.1) is 0 Å². The Morgan fingerprint density at radius 3 is 2.42 bits per heavy atom. The van der Waals surface area contributed by atoms with Crippen molar-refractivity contribution in [1.82, 2.24) is 9.21 Å². The quantitative estimate of drug-likeness (QED) is 0.274. The fourth-order valence-corrected chi connectivity index (χ4v) is 3.90. The number of halogens is 1. The van der Waals surface area contributed by atoms with Gasteiger partial charge in [0.05, 0.1) is 6.26 Å². The van der Waals surface area contributed by atoms with Crippen LogP contribution in [0.5, 0.6) is 0 Å². The Morgan fingerprint density at radius 1 is 1.19 bits per heavy atom. The molecule has 0 unspecified atom stereocenters. The van der Waals surface area contributed by atoms with Gasteiger partial charge in [0.2, 0.25) is 10.0 Å². The Kier molecular flexibility index (Phi) is 10.5. The van der Waals surface area contributed by atoms with Crippen molar-refractivity contribution in [1.29, 1.82) is 0 Å². The molecule has 1 N–H and O–H groups in total. The van der Waals surface area contributed by atoms with Crippen LogP contribution in [-0.4, -0.2) is 62.6 Å². The summed E-state index contributed by atoms with van der Waals surface area (Å²) in [5.41, 5.74) is 1.03. The lowest BCUT2D eigenvalue weighted by atomic mass is 10.1. The monoisotopic (exact) mass is 494 g/mol. The maximum Gasteiger partial charge on any atom is 0.211 e. The second-order valence-electron chi connectivity index (χ2n) is 6.35. The number of guanidine groups is 1. The van der Waals surface area contributed by atoms with Crippen molar-refractivity contribution >= 4 is 45.6 Å². The molecule has 1 aliphatic rings. The normalized spacial score (nSPS) is 15.7. The summed E-state index contributed by atoms with van der Waals surface area (Å²) in [6.07, 6.45) is 5.62. The molecule has 8 heteroatoms. The number of hydrogen-bond donors (Lipinski definition) is 1. The van der Waals surface area contributed by atoms with Crippen LogP contribution in [0.3, 0.4) is 0 Å². The number of piperidine rings is 1. The first-order valence-corrected chi connectivity index (χ1v) is 10.9. The molecule has 1 fully saturated rings. The summed E-state index contributed by atoms with van der Waals surface area (Å²) in [7, 11) is -3.13. The maximum atomic E-state index is 11.6. The molecule has 0 saturated carbocycles. The van der Waals surface area contributed by atoms with E-state index >= 15 is 0 Å². The van der Waals surface area contributed by atoms with Crippen LogP contribution in [0.25, 0.3) is 0 Å². The van der Waals surface area contributed by atoms with Gasteiger partial charge in [0, 0.05) is 38.4 Å². The molecule has 0 bridgehead atoms. The Balaban J connectivity index is 0.00000338. The molecule has 148 valence electrons. The minimum Gasteiger partial charge on any atom is -0.343 e. The number of rotatable bonds is 7. The van der Waals surface area contributed by atoms with Gasteiger partial charge in [-0.05, 0) is 37.8 Å². The highest BCUT2D eigenvalue weighted by molar-refractivity contribution is 14.0. The van der Waals surface area contributed by atoms with Crippen LogP contribution in [-0.2, 0) is 10.0 Å². The fourth-order valence-electron chi connectivity index (χ4n) is 2.97. The summed E-state index contributed by atoms with van der Waals surface area (Å²) in [5, 5.41) is 3.43. The fraction of sp³-hybridized carbons (Fsp3) is 0.611. The van der Waals surface area contributed by atoms with Crippen LogP contribution < -0.4 is 5.32 Å². The molecule has 0 aromatic heterocycles. The van der Waals surface area contributed by atoms with Gasteiger partial charge in [0.1, 0.15) is 0 Å². The average Bonchev–Trinajstić information content (AvgIpc) is 2.61. The van der Waals surface area contributed by atoms with E-state index in [1.807, 2.05) is 37.3 Å². The summed E-state index contributed by atoms with van der Waals surface area (Å²) in [4.78, 5) is 7.04. The second-order valence-corrected chi connectivity index (χ2v) is 8.33. The highest BCUT2D eigenvalue weighted by atomic mass is 127. The Labute approximate surface area is 175 Å². The third-order valence-corrected chi connectivity index (χ3v) is 5.71. The molecule has 0 aliphatic carbocycles. The van der Waals surface area contributed by atoms with Gasteiger partial charge in [-0.25, -0.2) is 12.7 Å². The minimum absolute atomic E-state index is 0. The highest BCUT2D eigenvalue weighted by Crippen LogP contribution is 2.13. The van der Waals surface area contributed by atoms with E-state index in [-0.39, 0.29) is 24.0 Å². The van der Waals surface area contributed by atoms with E-state index in [2.05, 4.69) is 10.2 Å². The van der Waals surface area contributed by atoms with Gasteiger partial charge in [-0.2, -0.15) is 0 Å². The largest absolute Gasteiger partial charge is 0.343 e. The van der Waals surface area contributed by atoms with Gasteiger partial charge in [-0.15, -0.1) is 24.0 Å². The molecule has 1 aromatic carbocycles. The van der Waals surface area contributed by atoms with Crippen LogP contribution in [0.15, 0.2) is 35.3 Å². The van der Waals surface area contributed by atoms with Crippen molar-refractivity contribution in [2.24, 2.45) is 4.99 Å². The molecule has 0 atom stereocenters. The number of likely N-dealkylation sites (tertiary alicyclic amines) is 1. The van der Waals surface area contributed by atoms with Crippen molar-refractivity contribution in [3.05, 3.63) is 30.3 Å². The van der Waals surface area contributed by atoms with E-state index in [9.17, 15) is 8.42 Å². The second kappa shape index (κ2) is 11.8. The predicted molar refractivity (Wildman–Crippen MR) is 120 cm³/mol. The van der Waals surface area contributed by atoms with Gasteiger partial charge in [0.15, 0.2) is 5.96 Å². The summed E-state index contributed by atoms with van der Waals surface area (Å²) < 4.78 is 24.8. The third kappa shape index (κ3) is 7.79. The molecular formula is C18H31IN4O2S. The number of nitrogens with zero attached hydrogens (tertiary/aromatic N) is 3. The SMILES string of the molecule is CCN(CCCN=C(Nc1ccccc1)N1CCCCC1)S(C)(=O)=O.I. The molecular weight excluding hydrogens is 463 g/mol. The zero-order valence-electron chi connectivity index (χ0n) is 15.7. The van der Waals surface area contributed by atoms with Crippen molar-refractivity contribution in [3.63, 3.8) is 0 Å². The number of anilines is 1. The number of aliphatic imine (C=N–C) groups is 1. The van der Waals surface area contributed by atoms with Crippen molar-refractivity contribution in [2.75, 3.05) is 44.3 Å². The van der Waals surface area contributed by atoms with Gasteiger partial charge < -0.3 is 10.2 Å². The van der Waals surface area contributed by atoms with E-state index in [1.165, 1.54) is 29.8 Å². The lowest BCUT2D eigenvalue weighted by Gasteiger charge is -2.30. The molecule has 0 amide bonds. The van der Waals surface area contributed by atoms with E-state index < -0.39 is 10.0 Å². The zero-order chi connectivity index (χ0) is 18.1. The maximum absolute atomic E-state index is 11.6. The van der Waals surface area contributed by atoms with Crippen molar-refractivity contribution in [2.45, 2.75) is 32.6 Å². The molecule has 1 heterocycles. The first-order valence-electron chi connectivity index (χ1n) is 9.07. The molecule has 1 aliphatic heterocycles. The van der Waals surface area contributed by atoms with Gasteiger partial charge >= 0.3 is 0 Å². The summed E-state index contributed by atoms with van der Waals surface area (Å²) in [6.45, 7) is 5.52. The first-order chi connectivity index (χ1) is 12.0. The van der Waals surface area contributed by atoms with Crippen molar-refractivity contribution < 1.29 is 8.42 Å². The molecule has 26 heavy (non-hydrogen) atoms. The molecule has 6 nitrogen and oxygen atoms in total. The Hall–Kier alpha value is -0.870. The van der Waals surface area contributed by atoms with Crippen LogP contribution >= 0.6 is 24.0 Å². The minimum atomic E-state index is -3.13. The summed E-state index contributed by atoms with van der Waals surface area (Å²) in [5.74, 6) is 0.897. The van der Waals surface area contributed by atoms with E-state index in [4.69, 9.17) is 4.99 Å². The lowest BCUT2D eigenvalue weighted by molar-refractivity contribution is 0.340. The number of nitrogens with one attached hydrogen (secondary N) is 1. The molecule has 1 aromatic rings. The highest BCUT2D eigenvalue weighted by Gasteiger charge is 2.16. The topological polar surface area (TPSA) is 65.0 Å². The van der Waals surface area contributed by atoms with Gasteiger partial charge in [-0.3, -0.25) is 4.99 Å². The molecule has 0 radical (unpaired) electrons. The average molecular weight is 494 g/mol. The number of hydrogen-bond acceptors (Lipinski definition) is 3. The van der Waals surface area contributed by atoms with E-state index in [0.717, 1.165) is 24.7 Å². The number of benzene rings is 1. The summed E-state index contributed by atoms with van der Waals surface area (Å²) >= 11 is 0. The number of sulfonamides is 1. The summed E-state index contributed by atoms with van der Waals surface area (Å²) in [6, 6.07) is 10.1. The molecule has 2 rings (SSSR count). The lowest BCUT2D eigenvalue weighted by Crippen LogP contribution is -2.40. The van der Waals surface area contributed by atoms with Crippen LogP contribution in [0.1, 0.15) is 32.6 Å². The van der Waals surface area contributed by atoms with Gasteiger partial charge in [-0.1, -0.05) is 25.1 Å². The Morgan fingerprint density at radius 2 is 1.85 bits per heavy atom. The number of para-hydroxylation sites is 1. The zero-order valence-corrected chi connectivity index (χ0v) is 18.9. The van der Waals surface area contributed by atoms with E-state index in [1.54, 1.807) is 0 Å². The Bertz CT molecular complexity index is 646. The standard InChI is InChI=1S/C18H30N4O2S.HI/c1-3-22(25(2,23)24)16-10-13-19-18(21-14-8-5-9-15-21)20-17-11-6-4-7-12-17;/h4,6-7,11-12H,3,5,8-10,13-16H2,1-2H3,(H,19,20);1H. The van der Waals surface area contributed by atoms with Crippen LogP contribution in [0.4, 0.5) is 5.69 Å². The van der Waals surface area contributed by atoms with Crippen molar-refractivity contribution in [3.8, 4) is 0 Å². The first kappa shape index (κ1) is 23.2. The molecule has 0 spiro atoms. The smallest absolute Gasteiger partial charge is 0.211 e. The van der Waals surface area contributed by atoms with E-state index in [0.29, 0.717) is 26.1 Å². The molecule has 1 saturated heterocycles.